The average Bonchev–Trinajstić information content (AvgIpc) is 2.94. The molecule has 1 aromatic heterocycles. The van der Waals surface area contributed by atoms with Crippen LogP contribution in [0.5, 0.6) is 0 Å². The molecular weight excluding hydrogens is 283 g/mol. The minimum absolute atomic E-state index is 0.0123. The highest BCUT2D eigenvalue weighted by atomic mass is 19.4. The second-order valence-corrected chi connectivity index (χ2v) is 5.29. The summed E-state index contributed by atoms with van der Waals surface area (Å²) in [5, 5.41) is 3.21. The maximum Gasteiger partial charge on any atom is 0.416 e. The summed E-state index contributed by atoms with van der Waals surface area (Å²) in [6.45, 7) is 2.19. The predicted molar refractivity (Wildman–Crippen MR) is 72.0 cm³/mol. The van der Waals surface area contributed by atoms with E-state index in [0.717, 1.165) is 31.6 Å². The summed E-state index contributed by atoms with van der Waals surface area (Å²) in [5.41, 5.74) is -0.957. The molecule has 0 aliphatic carbocycles. The number of hydrogen-bond acceptors (Lipinski definition) is 3. The van der Waals surface area contributed by atoms with Crippen LogP contribution in [0, 0.1) is 5.92 Å². The Hall–Kier alpha value is -1.89. The number of hydrogen-bond donors (Lipinski definition) is 1. The Labute approximate surface area is 118 Å². The van der Waals surface area contributed by atoms with Crippen molar-refractivity contribution < 1.29 is 13.2 Å². The summed E-state index contributed by atoms with van der Waals surface area (Å²) in [5.74, 6) is 0.313. The highest BCUT2D eigenvalue weighted by Crippen LogP contribution is 2.30. The highest BCUT2D eigenvalue weighted by molar-refractivity contribution is 5.78. The van der Waals surface area contributed by atoms with Crippen molar-refractivity contribution in [3.63, 3.8) is 0 Å². The van der Waals surface area contributed by atoms with Gasteiger partial charge in [0.05, 0.1) is 22.8 Å². The Kier molecular flexibility index (Phi) is 3.44. The third-order valence-electron chi connectivity index (χ3n) is 3.77. The molecule has 112 valence electrons. The summed E-state index contributed by atoms with van der Waals surface area (Å²) in [6, 6.07) is 3.06. The van der Waals surface area contributed by atoms with Gasteiger partial charge in [0, 0.05) is 6.54 Å². The number of alkyl halides is 3. The molecule has 7 heteroatoms. The third-order valence-corrected chi connectivity index (χ3v) is 3.77. The normalized spacial score (nSPS) is 19.3. The molecule has 2 aromatic rings. The Morgan fingerprint density at radius 1 is 1.38 bits per heavy atom. The maximum atomic E-state index is 12.7. The first-order chi connectivity index (χ1) is 9.95. The number of halogens is 3. The van der Waals surface area contributed by atoms with E-state index in [4.69, 9.17) is 0 Å². The molecule has 0 radical (unpaired) electrons. The quantitative estimate of drug-likeness (QED) is 0.922. The monoisotopic (exact) mass is 297 g/mol. The van der Waals surface area contributed by atoms with Gasteiger partial charge in [-0.05, 0) is 43.6 Å². The molecule has 2 heterocycles. The maximum absolute atomic E-state index is 12.7. The standard InChI is InChI=1S/C14H14F3N3O/c15-14(16,17)10-1-2-12-11(5-10)13(21)20(8-19-12)7-9-3-4-18-6-9/h1-2,5,8-9,18H,3-4,6-7H2. The van der Waals surface area contributed by atoms with E-state index in [1.807, 2.05) is 0 Å². The second-order valence-electron chi connectivity index (χ2n) is 5.29. The SMILES string of the molecule is O=c1c2cc(C(F)(F)F)ccc2ncn1CC1CCNC1. The van der Waals surface area contributed by atoms with Gasteiger partial charge in [0.25, 0.3) is 5.56 Å². The number of fused-ring (bicyclic) bond motifs is 1. The van der Waals surface area contributed by atoms with Crippen LogP contribution >= 0.6 is 0 Å². The number of benzene rings is 1. The van der Waals surface area contributed by atoms with Crippen LogP contribution in [0.1, 0.15) is 12.0 Å². The zero-order valence-corrected chi connectivity index (χ0v) is 11.2. The van der Waals surface area contributed by atoms with Crippen molar-refractivity contribution in [1.82, 2.24) is 14.9 Å². The first-order valence-corrected chi connectivity index (χ1v) is 6.72. The van der Waals surface area contributed by atoms with Crippen molar-refractivity contribution in [2.75, 3.05) is 13.1 Å². The van der Waals surface area contributed by atoms with Gasteiger partial charge >= 0.3 is 6.18 Å². The Bertz CT molecular complexity index is 717. The zero-order chi connectivity index (χ0) is 15.0. The lowest BCUT2D eigenvalue weighted by Gasteiger charge is -2.12. The van der Waals surface area contributed by atoms with Gasteiger partial charge in [0.2, 0.25) is 0 Å². The fourth-order valence-electron chi connectivity index (χ4n) is 2.61. The highest BCUT2D eigenvalue weighted by Gasteiger charge is 2.30. The van der Waals surface area contributed by atoms with Crippen molar-refractivity contribution in [1.29, 1.82) is 0 Å². The van der Waals surface area contributed by atoms with Crippen LogP contribution in [0.2, 0.25) is 0 Å². The van der Waals surface area contributed by atoms with Gasteiger partial charge in [0.15, 0.2) is 0 Å². The van der Waals surface area contributed by atoms with Crippen LogP contribution in [-0.2, 0) is 12.7 Å². The molecule has 1 fully saturated rings. The van der Waals surface area contributed by atoms with Crippen LogP contribution in [0.15, 0.2) is 29.3 Å². The van der Waals surface area contributed by atoms with Crippen LogP contribution in [0.3, 0.4) is 0 Å². The summed E-state index contributed by atoms with van der Waals surface area (Å²) in [6.07, 6.45) is -2.10. The molecular formula is C14H14F3N3O. The molecule has 1 atom stereocenters. The van der Waals surface area contributed by atoms with E-state index < -0.39 is 17.3 Å². The Balaban J connectivity index is 2.03. The minimum Gasteiger partial charge on any atom is -0.316 e. The van der Waals surface area contributed by atoms with E-state index in [2.05, 4.69) is 10.3 Å². The van der Waals surface area contributed by atoms with Gasteiger partial charge in [-0.1, -0.05) is 0 Å². The molecule has 1 N–H and O–H groups in total. The largest absolute Gasteiger partial charge is 0.416 e. The van der Waals surface area contributed by atoms with E-state index in [-0.39, 0.29) is 10.9 Å². The fourth-order valence-corrected chi connectivity index (χ4v) is 2.61. The lowest BCUT2D eigenvalue weighted by Crippen LogP contribution is -2.25. The topological polar surface area (TPSA) is 46.9 Å². The molecule has 4 nitrogen and oxygen atoms in total. The van der Waals surface area contributed by atoms with Crippen molar-refractivity contribution in [3.05, 3.63) is 40.4 Å². The van der Waals surface area contributed by atoms with Gasteiger partial charge < -0.3 is 5.32 Å². The van der Waals surface area contributed by atoms with Crippen LogP contribution in [0.4, 0.5) is 13.2 Å². The van der Waals surface area contributed by atoms with Crippen molar-refractivity contribution in [2.24, 2.45) is 5.92 Å². The summed E-state index contributed by atoms with van der Waals surface area (Å²) >= 11 is 0. The van der Waals surface area contributed by atoms with E-state index in [1.54, 1.807) is 0 Å². The lowest BCUT2D eigenvalue weighted by molar-refractivity contribution is -0.137. The third kappa shape index (κ3) is 2.78. The number of rotatable bonds is 2. The molecule has 1 saturated heterocycles. The number of nitrogens with one attached hydrogen (secondary N) is 1. The van der Waals surface area contributed by atoms with Crippen molar-refractivity contribution >= 4 is 10.9 Å². The summed E-state index contributed by atoms with van der Waals surface area (Å²) < 4.78 is 39.6. The van der Waals surface area contributed by atoms with Crippen LogP contribution in [0.25, 0.3) is 10.9 Å². The molecule has 1 unspecified atom stereocenters. The second kappa shape index (κ2) is 5.14. The minimum atomic E-state index is -4.46. The summed E-state index contributed by atoms with van der Waals surface area (Å²) in [4.78, 5) is 16.4. The molecule has 1 aliphatic rings. The van der Waals surface area contributed by atoms with Gasteiger partial charge in [-0.25, -0.2) is 4.98 Å². The van der Waals surface area contributed by atoms with Gasteiger partial charge in [-0.3, -0.25) is 9.36 Å². The number of nitrogens with zero attached hydrogens (tertiary/aromatic N) is 2. The molecule has 0 amide bonds. The summed E-state index contributed by atoms with van der Waals surface area (Å²) in [7, 11) is 0. The van der Waals surface area contributed by atoms with E-state index in [1.165, 1.54) is 17.0 Å². The van der Waals surface area contributed by atoms with Crippen LogP contribution in [-0.4, -0.2) is 22.6 Å². The first kappa shape index (κ1) is 14.1. The zero-order valence-electron chi connectivity index (χ0n) is 11.2. The van der Waals surface area contributed by atoms with E-state index in [0.29, 0.717) is 12.5 Å². The van der Waals surface area contributed by atoms with Crippen molar-refractivity contribution in [3.8, 4) is 0 Å². The lowest BCUT2D eigenvalue weighted by atomic mass is 10.1. The first-order valence-electron chi connectivity index (χ1n) is 6.72. The molecule has 1 aliphatic heterocycles. The fraction of sp³-hybridized carbons (Fsp3) is 0.429. The molecule has 1 aromatic carbocycles. The molecule has 0 saturated carbocycles. The van der Waals surface area contributed by atoms with Gasteiger partial charge in [0.1, 0.15) is 0 Å². The molecule has 0 bridgehead atoms. The van der Waals surface area contributed by atoms with Gasteiger partial charge in [-0.2, -0.15) is 13.2 Å². The Morgan fingerprint density at radius 2 is 2.19 bits per heavy atom. The van der Waals surface area contributed by atoms with E-state index >= 15 is 0 Å². The molecule has 3 rings (SSSR count). The van der Waals surface area contributed by atoms with Crippen molar-refractivity contribution in [2.45, 2.75) is 19.1 Å². The average molecular weight is 297 g/mol. The Morgan fingerprint density at radius 3 is 2.86 bits per heavy atom. The predicted octanol–water partition coefficient (Wildman–Crippen LogP) is 2.02. The smallest absolute Gasteiger partial charge is 0.316 e. The van der Waals surface area contributed by atoms with Gasteiger partial charge in [-0.15, -0.1) is 0 Å². The van der Waals surface area contributed by atoms with Crippen LogP contribution < -0.4 is 10.9 Å². The molecule has 21 heavy (non-hydrogen) atoms. The van der Waals surface area contributed by atoms with E-state index in [9.17, 15) is 18.0 Å². The number of aromatic nitrogens is 2. The molecule has 0 spiro atoms.